The summed E-state index contributed by atoms with van der Waals surface area (Å²) in [5.74, 6) is 0.760. The Bertz CT molecular complexity index is 950. The van der Waals surface area contributed by atoms with Crippen LogP contribution in [0.5, 0.6) is 0 Å². The third-order valence-electron chi connectivity index (χ3n) is 3.35. The molecule has 0 saturated heterocycles. The number of aromatic nitrogens is 2. The first-order chi connectivity index (χ1) is 11.5. The molecule has 0 saturated carbocycles. The quantitative estimate of drug-likeness (QED) is 0.327. The van der Waals surface area contributed by atoms with Crippen LogP contribution in [0.4, 0.5) is 11.5 Å². The molecule has 4 N–H and O–H groups in total. The zero-order chi connectivity index (χ0) is 17.1. The lowest BCUT2D eigenvalue weighted by Gasteiger charge is -2.06. The van der Waals surface area contributed by atoms with E-state index in [2.05, 4.69) is 15.0 Å². The Labute approximate surface area is 137 Å². The minimum absolute atomic E-state index is 0.0257. The molecule has 0 fully saturated rings. The van der Waals surface area contributed by atoms with Gasteiger partial charge in [-0.05, 0) is 17.7 Å². The number of aliphatic imine (C=N–C) groups is 1. The standard InChI is InChI=1S/C16H14N6O2/c17-16(18)21-15-12-6-1-2-7-13(12)19-14(20-15)9-10-4-3-5-11(8-10)22(23)24/h1-8H,9H2,(H4,17,18,19,20,21). The van der Waals surface area contributed by atoms with Gasteiger partial charge in [0.2, 0.25) is 0 Å². The molecule has 0 bridgehead atoms. The Balaban J connectivity index is 2.05. The van der Waals surface area contributed by atoms with E-state index in [0.29, 0.717) is 23.6 Å². The fraction of sp³-hybridized carbons (Fsp3) is 0.0625. The van der Waals surface area contributed by atoms with Crippen molar-refractivity contribution in [3.05, 3.63) is 70.0 Å². The van der Waals surface area contributed by atoms with Crippen molar-refractivity contribution in [3.63, 3.8) is 0 Å². The number of nitro benzene ring substituents is 1. The first kappa shape index (κ1) is 15.3. The average Bonchev–Trinajstić information content (AvgIpc) is 2.54. The van der Waals surface area contributed by atoms with Crippen LogP contribution in [-0.2, 0) is 6.42 Å². The molecule has 3 aromatic rings. The Morgan fingerprint density at radius 3 is 2.67 bits per heavy atom. The lowest BCUT2D eigenvalue weighted by atomic mass is 10.1. The molecule has 120 valence electrons. The summed E-state index contributed by atoms with van der Waals surface area (Å²) in [5, 5.41) is 11.6. The molecule has 3 rings (SSSR count). The SMILES string of the molecule is NC(N)=Nc1nc(Cc2cccc([N+](=O)[O-])c2)nc2ccccc12. The Hall–Kier alpha value is -3.55. The highest BCUT2D eigenvalue weighted by molar-refractivity contribution is 5.91. The molecule has 8 heteroatoms. The molecule has 2 aromatic carbocycles. The number of nitrogens with zero attached hydrogens (tertiary/aromatic N) is 4. The van der Waals surface area contributed by atoms with Gasteiger partial charge in [0.05, 0.1) is 10.4 Å². The summed E-state index contributed by atoms with van der Waals surface area (Å²) in [6.07, 6.45) is 0.333. The van der Waals surface area contributed by atoms with Crippen LogP contribution < -0.4 is 11.5 Å². The average molecular weight is 322 g/mol. The number of rotatable bonds is 4. The predicted molar refractivity (Wildman–Crippen MR) is 90.9 cm³/mol. The molecule has 0 aliphatic carbocycles. The highest BCUT2D eigenvalue weighted by Gasteiger charge is 2.10. The zero-order valence-electron chi connectivity index (χ0n) is 12.6. The van der Waals surface area contributed by atoms with Gasteiger partial charge in [-0.2, -0.15) is 4.99 Å². The third-order valence-corrected chi connectivity index (χ3v) is 3.35. The molecule has 24 heavy (non-hydrogen) atoms. The number of fused-ring (bicyclic) bond motifs is 1. The molecular weight excluding hydrogens is 308 g/mol. The monoisotopic (exact) mass is 322 g/mol. The summed E-state index contributed by atoms with van der Waals surface area (Å²) in [6, 6.07) is 13.7. The van der Waals surface area contributed by atoms with Crippen LogP contribution in [0.15, 0.2) is 53.5 Å². The number of hydrogen-bond acceptors (Lipinski definition) is 5. The summed E-state index contributed by atoms with van der Waals surface area (Å²) in [5.41, 5.74) is 12.4. The number of guanidine groups is 1. The smallest absolute Gasteiger partial charge is 0.269 e. The molecule has 1 heterocycles. The topological polar surface area (TPSA) is 133 Å². The van der Waals surface area contributed by atoms with E-state index in [4.69, 9.17) is 11.5 Å². The van der Waals surface area contributed by atoms with E-state index in [1.807, 2.05) is 24.3 Å². The summed E-state index contributed by atoms with van der Waals surface area (Å²) in [7, 11) is 0. The summed E-state index contributed by atoms with van der Waals surface area (Å²) in [6.45, 7) is 0. The van der Waals surface area contributed by atoms with E-state index in [1.54, 1.807) is 12.1 Å². The fourth-order valence-electron chi connectivity index (χ4n) is 2.36. The summed E-state index contributed by atoms with van der Waals surface area (Å²) >= 11 is 0. The number of hydrogen-bond donors (Lipinski definition) is 2. The largest absolute Gasteiger partial charge is 0.370 e. The second-order valence-electron chi connectivity index (χ2n) is 5.12. The van der Waals surface area contributed by atoms with Gasteiger partial charge in [-0.15, -0.1) is 0 Å². The first-order valence-electron chi connectivity index (χ1n) is 7.11. The van der Waals surface area contributed by atoms with Crippen molar-refractivity contribution < 1.29 is 4.92 Å². The maximum absolute atomic E-state index is 10.9. The van der Waals surface area contributed by atoms with Crippen molar-refractivity contribution in [2.45, 2.75) is 6.42 Å². The van der Waals surface area contributed by atoms with E-state index in [-0.39, 0.29) is 11.6 Å². The van der Waals surface area contributed by atoms with Gasteiger partial charge in [-0.25, -0.2) is 9.97 Å². The van der Waals surface area contributed by atoms with Crippen LogP contribution in [0, 0.1) is 10.1 Å². The van der Waals surface area contributed by atoms with E-state index in [1.165, 1.54) is 12.1 Å². The van der Waals surface area contributed by atoms with Gasteiger partial charge in [0, 0.05) is 23.9 Å². The van der Waals surface area contributed by atoms with Crippen LogP contribution in [0.25, 0.3) is 10.9 Å². The molecule has 0 radical (unpaired) electrons. The molecule has 0 unspecified atom stereocenters. The van der Waals surface area contributed by atoms with Crippen molar-refractivity contribution in [3.8, 4) is 0 Å². The van der Waals surface area contributed by atoms with Gasteiger partial charge in [0.15, 0.2) is 11.8 Å². The van der Waals surface area contributed by atoms with Crippen LogP contribution in [-0.4, -0.2) is 20.9 Å². The molecule has 8 nitrogen and oxygen atoms in total. The maximum Gasteiger partial charge on any atom is 0.269 e. The van der Waals surface area contributed by atoms with Crippen LogP contribution >= 0.6 is 0 Å². The number of nitro groups is 1. The lowest BCUT2D eigenvalue weighted by molar-refractivity contribution is -0.384. The normalized spacial score (nSPS) is 10.5. The van der Waals surface area contributed by atoms with Gasteiger partial charge < -0.3 is 11.5 Å². The van der Waals surface area contributed by atoms with Crippen LogP contribution in [0.3, 0.4) is 0 Å². The fourth-order valence-corrected chi connectivity index (χ4v) is 2.36. The van der Waals surface area contributed by atoms with Crippen molar-refractivity contribution in [2.24, 2.45) is 16.5 Å². The lowest BCUT2D eigenvalue weighted by Crippen LogP contribution is -2.22. The van der Waals surface area contributed by atoms with Crippen molar-refractivity contribution in [1.29, 1.82) is 0 Å². The minimum Gasteiger partial charge on any atom is -0.370 e. The molecule has 0 aliphatic rings. The van der Waals surface area contributed by atoms with E-state index >= 15 is 0 Å². The maximum atomic E-state index is 10.9. The summed E-state index contributed by atoms with van der Waals surface area (Å²) < 4.78 is 0. The molecule has 0 atom stereocenters. The molecule has 1 aromatic heterocycles. The Morgan fingerprint density at radius 1 is 1.12 bits per heavy atom. The Kier molecular flexibility index (Phi) is 4.02. The summed E-state index contributed by atoms with van der Waals surface area (Å²) in [4.78, 5) is 23.4. The first-order valence-corrected chi connectivity index (χ1v) is 7.11. The van der Waals surface area contributed by atoms with Gasteiger partial charge in [-0.1, -0.05) is 24.3 Å². The highest BCUT2D eigenvalue weighted by atomic mass is 16.6. The number of nitrogens with two attached hydrogens (primary N) is 2. The molecule has 0 spiro atoms. The molecular formula is C16H14N6O2. The van der Waals surface area contributed by atoms with Gasteiger partial charge in [0.25, 0.3) is 5.69 Å². The molecule has 0 aliphatic heterocycles. The minimum atomic E-state index is -0.435. The predicted octanol–water partition coefficient (Wildman–Crippen LogP) is 2.03. The number of para-hydroxylation sites is 1. The zero-order valence-corrected chi connectivity index (χ0v) is 12.6. The third kappa shape index (κ3) is 3.27. The number of benzene rings is 2. The van der Waals surface area contributed by atoms with E-state index in [9.17, 15) is 10.1 Å². The van der Waals surface area contributed by atoms with Crippen molar-refractivity contribution in [2.75, 3.05) is 0 Å². The van der Waals surface area contributed by atoms with E-state index in [0.717, 1.165) is 10.9 Å². The highest BCUT2D eigenvalue weighted by Crippen LogP contribution is 2.24. The van der Waals surface area contributed by atoms with Gasteiger partial charge in [0.1, 0.15) is 5.82 Å². The second-order valence-corrected chi connectivity index (χ2v) is 5.12. The van der Waals surface area contributed by atoms with Gasteiger partial charge >= 0.3 is 0 Å². The van der Waals surface area contributed by atoms with Crippen molar-refractivity contribution >= 4 is 28.4 Å². The van der Waals surface area contributed by atoms with Crippen molar-refractivity contribution in [1.82, 2.24) is 9.97 Å². The second kappa shape index (κ2) is 6.29. The van der Waals surface area contributed by atoms with E-state index < -0.39 is 4.92 Å². The van der Waals surface area contributed by atoms with Crippen LogP contribution in [0.1, 0.15) is 11.4 Å². The van der Waals surface area contributed by atoms with Gasteiger partial charge in [-0.3, -0.25) is 10.1 Å². The Morgan fingerprint density at radius 2 is 1.92 bits per heavy atom. The number of non-ortho nitro benzene ring substituents is 1. The molecule has 0 amide bonds. The van der Waals surface area contributed by atoms with Crippen LogP contribution in [0.2, 0.25) is 0 Å².